The predicted octanol–water partition coefficient (Wildman–Crippen LogP) is 3.36. The summed E-state index contributed by atoms with van der Waals surface area (Å²) in [5, 5.41) is 3.49. The molecule has 1 aliphatic rings. The molecule has 2 nitrogen and oxygen atoms in total. The summed E-state index contributed by atoms with van der Waals surface area (Å²) >= 11 is 0. The largest absolute Gasteiger partial charge is 0.377 e. The quantitative estimate of drug-likeness (QED) is 0.720. The molecule has 1 fully saturated rings. The molecule has 2 unspecified atom stereocenters. The van der Waals surface area contributed by atoms with Crippen LogP contribution in [0.1, 0.15) is 59.3 Å². The van der Waals surface area contributed by atoms with Crippen molar-refractivity contribution in [2.45, 2.75) is 71.4 Å². The van der Waals surface area contributed by atoms with Crippen molar-refractivity contribution in [1.29, 1.82) is 0 Å². The molecular formula is C14H29NO. The Morgan fingerprint density at radius 3 is 2.50 bits per heavy atom. The third-order valence-electron chi connectivity index (χ3n) is 3.71. The molecule has 0 amide bonds. The lowest BCUT2D eigenvalue weighted by molar-refractivity contribution is 0.0302. The summed E-state index contributed by atoms with van der Waals surface area (Å²) in [6, 6.07) is 0.612. The lowest BCUT2D eigenvalue weighted by Crippen LogP contribution is -2.34. The number of rotatable bonds is 7. The van der Waals surface area contributed by atoms with E-state index >= 15 is 0 Å². The average molecular weight is 227 g/mol. The first-order valence-electron chi connectivity index (χ1n) is 7.07. The topological polar surface area (TPSA) is 21.3 Å². The van der Waals surface area contributed by atoms with Crippen LogP contribution < -0.4 is 5.32 Å². The van der Waals surface area contributed by atoms with Crippen molar-refractivity contribution in [2.24, 2.45) is 5.92 Å². The van der Waals surface area contributed by atoms with Crippen LogP contribution in [0.3, 0.4) is 0 Å². The minimum absolute atomic E-state index is 0.357. The molecule has 0 radical (unpaired) electrons. The van der Waals surface area contributed by atoms with Crippen molar-refractivity contribution in [1.82, 2.24) is 5.32 Å². The monoisotopic (exact) mass is 227 g/mol. The molecule has 0 aromatic carbocycles. The molecule has 0 bridgehead atoms. The van der Waals surface area contributed by atoms with Crippen molar-refractivity contribution in [3.63, 3.8) is 0 Å². The molecule has 1 rings (SSSR count). The van der Waals surface area contributed by atoms with Gasteiger partial charge in [0.25, 0.3) is 0 Å². The van der Waals surface area contributed by atoms with E-state index in [1.54, 1.807) is 0 Å². The van der Waals surface area contributed by atoms with E-state index in [0.717, 1.165) is 19.1 Å². The Morgan fingerprint density at radius 2 is 1.88 bits per heavy atom. The summed E-state index contributed by atoms with van der Waals surface area (Å²) in [7, 11) is 0. The zero-order valence-corrected chi connectivity index (χ0v) is 11.3. The molecule has 1 aliphatic carbocycles. The van der Waals surface area contributed by atoms with Crippen LogP contribution in [0, 0.1) is 5.92 Å². The highest BCUT2D eigenvalue weighted by molar-refractivity contribution is 4.67. The summed E-state index contributed by atoms with van der Waals surface area (Å²) in [6.45, 7) is 8.59. The van der Waals surface area contributed by atoms with Gasteiger partial charge in [-0.3, -0.25) is 0 Å². The van der Waals surface area contributed by atoms with Gasteiger partial charge in [0.15, 0.2) is 0 Å². The third-order valence-corrected chi connectivity index (χ3v) is 3.71. The fourth-order valence-corrected chi connectivity index (χ4v) is 2.22. The van der Waals surface area contributed by atoms with Crippen molar-refractivity contribution in [3.05, 3.63) is 0 Å². The van der Waals surface area contributed by atoms with E-state index in [4.69, 9.17) is 4.74 Å². The van der Waals surface area contributed by atoms with E-state index in [2.05, 4.69) is 26.1 Å². The molecule has 0 heterocycles. The number of ether oxygens (including phenoxy) is 1. The average Bonchev–Trinajstić information content (AvgIpc) is 2.34. The smallest absolute Gasteiger partial charge is 0.0671 e. The molecule has 0 spiro atoms. The van der Waals surface area contributed by atoms with E-state index < -0.39 is 0 Å². The molecule has 1 N–H and O–H groups in total. The van der Waals surface area contributed by atoms with Gasteiger partial charge in [0.1, 0.15) is 0 Å². The maximum atomic E-state index is 5.91. The van der Waals surface area contributed by atoms with Crippen LogP contribution in [-0.2, 0) is 4.74 Å². The van der Waals surface area contributed by atoms with Crippen LogP contribution in [0.4, 0.5) is 0 Å². The highest BCUT2D eigenvalue weighted by Gasteiger charge is 2.14. The maximum absolute atomic E-state index is 5.91. The van der Waals surface area contributed by atoms with E-state index in [9.17, 15) is 0 Å². The second-order valence-corrected chi connectivity index (χ2v) is 5.37. The Labute approximate surface area is 101 Å². The van der Waals surface area contributed by atoms with Crippen LogP contribution in [0.15, 0.2) is 0 Å². The highest BCUT2D eigenvalue weighted by Crippen LogP contribution is 2.23. The SMILES string of the molecule is CCC(C)NCC(C)OCC1CCCCC1. The van der Waals surface area contributed by atoms with Crippen LogP contribution in [0.5, 0.6) is 0 Å². The Balaban J connectivity index is 2.02. The van der Waals surface area contributed by atoms with Gasteiger partial charge in [0, 0.05) is 19.2 Å². The van der Waals surface area contributed by atoms with Gasteiger partial charge in [-0.15, -0.1) is 0 Å². The van der Waals surface area contributed by atoms with Crippen LogP contribution >= 0.6 is 0 Å². The van der Waals surface area contributed by atoms with E-state index in [1.807, 2.05) is 0 Å². The molecule has 2 heteroatoms. The van der Waals surface area contributed by atoms with Gasteiger partial charge < -0.3 is 10.1 Å². The Hall–Kier alpha value is -0.0800. The predicted molar refractivity (Wildman–Crippen MR) is 69.7 cm³/mol. The summed E-state index contributed by atoms with van der Waals surface area (Å²) in [5.41, 5.74) is 0. The van der Waals surface area contributed by atoms with Crippen LogP contribution in [0.25, 0.3) is 0 Å². The zero-order chi connectivity index (χ0) is 11.8. The first-order chi connectivity index (χ1) is 7.72. The molecule has 16 heavy (non-hydrogen) atoms. The Kier molecular flexibility index (Phi) is 7.06. The van der Waals surface area contributed by atoms with Gasteiger partial charge in [0.05, 0.1) is 6.10 Å². The molecule has 96 valence electrons. The van der Waals surface area contributed by atoms with Crippen molar-refractivity contribution >= 4 is 0 Å². The van der Waals surface area contributed by atoms with Gasteiger partial charge in [-0.1, -0.05) is 26.2 Å². The first kappa shape index (κ1) is 14.0. The maximum Gasteiger partial charge on any atom is 0.0671 e. The summed E-state index contributed by atoms with van der Waals surface area (Å²) in [5.74, 6) is 0.833. The summed E-state index contributed by atoms with van der Waals surface area (Å²) in [6.07, 6.45) is 8.56. The Bertz CT molecular complexity index is 166. The van der Waals surface area contributed by atoms with Crippen molar-refractivity contribution in [2.75, 3.05) is 13.2 Å². The van der Waals surface area contributed by atoms with Crippen LogP contribution in [-0.4, -0.2) is 25.3 Å². The lowest BCUT2D eigenvalue weighted by Gasteiger charge is -2.24. The second kappa shape index (κ2) is 8.08. The first-order valence-corrected chi connectivity index (χ1v) is 7.07. The fourth-order valence-electron chi connectivity index (χ4n) is 2.22. The van der Waals surface area contributed by atoms with E-state index in [-0.39, 0.29) is 0 Å². The van der Waals surface area contributed by atoms with Gasteiger partial charge in [-0.2, -0.15) is 0 Å². The highest BCUT2D eigenvalue weighted by atomic mass is 16.5. The number of hydrogen-bond acceptors (Lipinski definition) is 2. The molecule has 0 aromatic heterocycles. The van der Waals surface area contributed by atoms with Crippen LogP contribution in [0.2, 0.25) is 0 Å². The molecule has 0 aromatic rings. The van der Waals surface area contributed by atoms with E-state index in [0.29, 0.717) is 12.1 Å². The molecule has 0 saturated heterocycles. The third kappa shape index (κ3) is 5.86. The van der Waals surface area contributed by atoms with Gasteiger partial charge in [-0.05, 0) is 39.0 Å². The van der Waals surface area contributed by atoms with Gasteiger partial charge in [0.2, 0.25) is 0 Å². The number of nitrogens with one attached hydrogen (secondary N) is 1. The minimum Gasteiger partial charge on any atom is -0.377 e. The summed E-state index contributed by atoms with van der Waals surface area (Å²) in [4.78, 5) is 0. The van der Waals surface area contributed by atoms with Gasteiger partial charge in [-0.25, -0.2) is 0 Å². The minimum atomic E-state index is 0.357. The van der Waals surface area contributed by atoms with E-state index in [1.165, 1.54) is 38.5 Å². The number of hydrogen-bond donors (Lipinski definition) is 1. The second-order valence-electron chi connectivity index (χ2n) is 5.37. The standard InChI is InChI=1S/C14H29NO/c1-4-12(2)15-10-13(3)16-11-14-8-6-5-7-9-14/h12-15H,4-11H2,1-3H3. The van der Waals surface area contributed by atoms with Crippen molar-refractivity contribution < 1.29 is 4.74 Å². The Morgan fingerprint density at radius 1 is 1.19 bits per heavy atom. The lowest BCUT2D eigenvalue weighted by atomic mass is 9.90. The summed E-state index contributed by atoms with van der Waals surface area (Å²) < 4.78 is 5.91. The normalized spacial score (nSPS) is 21.9. The fraction of sp³-hybridized carbons (Fsp3) is 1.00. The molecule has 0 aliphatic heterocycles. The van der Waals surface area contributed by atoms with Gasteiger partial charge >= 0.3 is 0 Å². The zero-order valence-electron chi connectivity index (χ0n) is 11.3. The molecule has 2 atom stereocenters. The van der Waals surface area contributed by atoms with Crippen molar-refractivity contribution in [3.8, 4) is 0 Å². The molecule has 1 saturated carbocycles. The molecular weight excluding hydrogens is 198 g/mol.